The Balaban J connectivity index is 1.53. The summed E-state index contributed by atoms with van der Waals surface area (Å²) in [4.78, 5) is 3.20. The first kappa shape index (κ1) is 16.9. The van der Waals surface area contributed by atoms with Crippen molar-refractivity contribution in [2.24, 2.45) is 0 Å². The average Bonchev–Trinajstić information content (AvgIpc) is 3.39. The van der Waals surface area contributed by atoms with E-state index in [-0.39, 0.29) is 0 Å². The topological polar surface area (TPSA) is 51.0 Å². The van der Waals surface area contributed by atoms with Crippen molar-refractivity contribution in [2.45, 2.75) is 31.6 Å². The van der Waals surface area contributed by atoms with E-state index in [4.69, 9.17) is 10.5 Å². The maximum Gasteiger partial charge on any atom is 0.127 e. The molecule has 0 atom stereocenters. The second kappa shape index (κ2) is 7.08. The quantitative estimate of drug-likeness (QED) is 0.413. The van der Waals surface area contributed by atoms with Crippen LogP contribution in [0.15, 0.2) is 72.9 Å². The molecule has 0 radical (unpaired) electrons. The molecule has 1 aliphatic rings. The molecule has 5 rings (SSSR count). The van der Waals surface area contributed by atoms with Crippen LogP contribution in [-0.4, -0.2) is 4.98 Å². The smallest absolute Gasteiger partial charge is 0.127 e. The van der Waals surface area contributed by atoms with Crippen molar-refractivity contribution < 1.29 is 4.74 Å². The normalized spacial score (nSPS) is 14.6. The fraction of sp³-hybridized carbons (Fsp3) is 0.200. The van der Waals surface area contributed by atoms with Crippen LogP contribution in [0.25, 0.3) is 21.9 Å². The van der Waals surface area contributed by atoms with E-state index in [1.807, 2.05) is 48.7 Å². The standard InChI is InChI=1S/C25H24N2O/c26-25-24-20(16-27-25)14-19(17-6-4-5-7-17)15-23(24)18-10-12-22(13-11-18)28-21-8-2-1-3-9-21/h1-3,8-17,27H,4-7,26H2. The Bertz CT molecular complexity index is 1090. The summed E-state index contributed by atoms with van der Waals surface area (Å²) in [5.74, 6) is 3.07. The molecular formula is C25H24N2O. The van der Waals surface area contributed by atoms with E-state index in [1.165, 1.54) is 42.2 Å². The number of para-hydroxylation sites is 1. The highest BCUT2D eigenvalue weighted by atomic mass is 16.5. The van der Waals surface area contributed by atoms with Crippen LogP contribution >= 0.6 is 0 Å². The number of hydrogen-bond acceptors (Lipinski definition) is 2. The number of fused-ring (bicyclic) bond motifs is 1. The summed E-state index contributed by atoms with van der Waals surface area (Å²) in [6.07, 6.45) is 7.26. The number of rotatable bonds is 4. The summed E-state index contributed by atoms with van der Waals surface area (Å²) in [6.45, 7) is 0. The molecule has 4 aromatic rings. The third-order valence-electron chi connectivity index (χ3n) is 5.81. The molecule has 0 saturated heterocycles. The van der Waals surface area contributed by atoms with Gasteiger partial charge in [0.25, 0.3) is 0 Å². The van der Waals surface area contributed by atoms with Crippen LogP contribution in [0.4, 0.5) is 5.82 Å². The van der Waals surface area contributed by atoms with Crippen LogP contribution in [0.2, 0.25) is 0 Å². The van der Waals surface area contributed by atoms with Crippen LogP contribution in [0.3, 0.4) is 0 Å². The van der Waals surface area contributed by atoms with E-state index in [2.05, 4.69) is 29.2 Å². The van der Waals surface area contributed by atoms with Crippen molar-refractivity contribution in [2.75, 3.05) is 5.73 Å². The van der Waals surface area contributed by atoms with Crippen molar-refractivity contribution in [3.63, 3.8) is 0 Å². The van der Waals surface area contributed by atoms with Gasteiger partial charge in [-0.15, -0.1) is 0 Å². The summed E-state index contributed by atoms with van der Waals surface area (Å²) in [5, 5.41) is 2.31. The van der Waals surface area contributed by atoms with Crippen LogP contribution in [0, 0.1) is 0 Å². The molecule has 3 nitrogen and oxygen atoms in total. The van der Waals surface area contributed by atoms with Gasteiger partial charge in [0.2, 0.25) is 0 Å². The lowest BCUT2D eigenvalue weighted by atomic mass is 9.91. The molecule has 0 amide bonds. The highest BCUT2D eigenvalue weighted by Crippen LogP contribution is 2.40. The van der Waals surface area contributed by atoms with E-state index < -0.39 is 0 Å². The monoisotopic (exact) mass is 368 g/mol. The maximum absolute atomic E-state index is 6.27. The van der Waals surface area contributed by atoms with Gasteiger partial charge in [-0.2, -0.15) is 0 Å². The Labute approximate surface area is 165 Å². The van der Waals surface area contributed by atoms with E-state index in [9.17, 15) is 0 Å². The lowest BCUT2D eigenvalue weighted by molar-refractivity contribution is 0.483. The maximum atomic E-state index is 6.27. The van der Waals surface area contributed by atoms with Gasteiger partial charge < -0.3 is 15.5 Å². The molecule has 1 heterocycles. The van der Waals surface area contributed by atoms with Gasteiger partial charge in [-0.3, -0.25) is 0 Å². The molecule has 140 valence electrons. The number of ether oxygens (including phenoxy) is 1. The number of H-pyrrole nitrogens is 1. The number of anilines is 1. The second-order valence-electron chi connectivity index (χ2n) is 7.66. The van der Waals surface area contributed by atoms with Crippen molar-refractivity contribution in [1.82, 2.24) is 4.98 Å². The molecule has 1 saturated carbocycles. The first-order valence-electron chi connectivity index (χ1n) is 10.0. The average molecular weight is 368 g/mol. The lowest BCUT2D eigenvalue weighted by Crippen LogP contribution is -1.94. The molecular weight excluding hydrogens is 344 g/mol. The Kier molecular flexibility index (Phi) is 4.28. The van der Waals surface area contributed by atoms with Gasteiger partial charge in [0, 0.05) is 17.0 Å². The molecule has 0 bridgehead atoms. The zero-order valence-electron chi connectivity index (χ0n) is 15.8. The van der Waals surface area contributed by atoms with Crippen LogP contribution in [0.5, 0.6) is 11.5 Å². The molecule has 1 aromatic heterocycles. The highest BCUT2D eigenvalue weighted by molar-refractivity contribution is 6.04. The van der Waals surface area contributed by atoms with Gasteiger partial charge in [0.1, 0.15) is 17.3 Å². The second-order valence-corrected chi connectivity index (χ2v) is 7.66. The number of aromatic amines is 1. The third kappa shape index (κ3) is 3.13. The lowest BCUT2D eigenvalue weighted by Gasteiger charge is -2.14. The molecule has 0 spiro atoms. The number of aromatic nitrogens is 1. The third-order valence-corrected chi connectivity index (χ3v) is 5.81. The van der Waals surface area contributed by atoms with Crippen LogP contribution in [0.1, 0.15) is 37.2 Å². The van der Waals surface area contributed by atoms with Crippen molar-refractivity contribution >= 4 is 16.6 Å². The molecule has 3 aromatic carbocycles. The summed E-state index contributed by atoms with van der Waals surface area (Å²) >= 11 is 0. The number of nitrogen functional groups attached to an aromatic ring is 1. The predicted octanol–water partition coefficient (Wildman–Crippen LogP) is 6.87. The van der Waals surface area contributed by atoms with E-state index in [0.717, 1.165) is 28.3 Å². The Morgan fingerprint density at radius 3 is 2.32 bits per heavy atom. The molecule has 0 aliphatic heterocycles. The minimum Gasteiger partial charge on any atom is -0.457 e. The van der Waals surface area contributed by atoms with Gasteiger partial charge in [-0.1, -0.05) is 49.2 Å². The SMILES string of the molecule is Nc1[nH]cc2cc(C3CCCC3)cc(-c3ccc(Oc4ccccc4)cc3)c12. The first-order chi connectivity index (χ1) is 13.8. The zero-order valence-corrected chi connectivity index (χ0v) is 15.8. The molecule has 1 aliphatic carbocycles. The number of nitrogens with one attached hydrogen (secondary N) is 1. The molecule has 0 unspecified atom stereocenters. The van der Waals surface area contributed by atoms with E-state index in [0.29, 0.717) is 5.92 Å². The highest BCUT2D eigenvalue weighted by Gasteiger charge is 2.20. The van der Waals surface area contributed by atoms with Gasteiger partial charge in [-0.05, 0) is 65.8 Å². The van der Waals surface area contributed by atoms with Crippen LogP contribution < -0.4 is 10.5 Å². The minimum absolute atomic E-state index is 0.667. The van der Waals surface area contributed by atoms with Gasteiger partial charge >= 0.3 is 0 Å². The van der Waals surface area contributed by atoms with Crippen molar-refractivity contribution in [3.05, 3.63) is 78.5 Å². The molecule has 28 heavy (non-hydrogen) atoms. The summed E-state index contributed by atoms with van der Waals surface area (Å²) in [6, 6.07) is 22.8. The van der Waals surface area contributed by atoms with Gasteiger partial charge in [0.05, 0.1) is 0 Å². The summed E-state index contributed by atoms with van der Waals surface area (Å²) in [7, 11) is 0. The zero-order chi connectivity index (χ0) is 18.9. The van der Waals surface area contributed by atoms with Crippen molar-refractivity contribution in [3.8, 4) is 22.6 Å². The Morgan fingerprint density at radius 2 is 1.57 bits per heavy atom. The number of nitrogens with two attached hydrogens (primary N) is 1. The first-order valence-corrected chi connectivity index (χ1v) is 10.0. The molecule has 3 heteroatoms. The molecule has 1 fully saturated rings. The van der Waals surface area contributed by atoms with Gasteiger partial charge in [-0.25, -0.2) is 0 Å². The molecule has 3 N–H and O–H groups in total. The summed E-state index contributed by atoms with van der Waals surface area (Å²) < 4.78 is 5.94. The van der Waals surface area contributed by atoms with E-state index >= 15 is 0 Å². The van der Waals surface area contributed by atoms with E-state index in [1.54, 1.807) is 0 Å². The fourth-order valence-corrected chi connectivity index (χ4v) is 4.38. The Morgan fingerprint density at radius 1 is 0.857 bits per heavy atom. The largest absolute Gasteiger partial charge is 0.457 e. The minimum atomic E-state index is 0.667. The Hall–Kier alpha value is -3.20. The summed E-state index contributed by atoms with van der Waals surface area (Å²) in [5.41, 5.74) is 10.1. The van der Waals surface area contributed by atoms with Gasteiger partial charge in [0.15, 0.2) is 0 Å². The number of benzene rings is 3. The predicted molar refractivity (Wildman–Crippen MR) is 116 cm³/mol. The fourth-order valence-electron chi connectivity index (χ4n) is 4.38. The van der Waals surface area contributed by atoms with Crippen LogP contribution in [-0.2, 0) is 0 Å². The number of hydrogen-bond donors (Lipinski definition) is 2. The van der Waals surface area contributed by atoms with Crippen molar-refractivity contribution in [1.29, 1.82) is 0 Å².